The largest absolute Gasteiger partial charge is 0.495 e. The molecule has 0 aliphatic carbocycles. The van der Waals surface area contributed by atoms with Crippen LogP contribution in [0.15, 0.2) is 17.0 Å². The molecule has 1 unspecified atom stereocenters. The second kappa shape index (κ2) is 5.83. The van der Waals surface area contributed by atoms with Crippen LogP contribution in [0.1, 0.15) is 25.7 Å². The molecule has 0 spiro atoms. The Morgan fingerprint density at radius 1 is 1.18 bits per heavy atom. The molecule has 3 atom stereocenters. The Kier molecular flexibility index (Phi) is 4.33. The first-order valence-electron chi connectivity index (χ1n) is 7.09. The molecular weight excluding hydrogens is 349 g/mol. The lowest BCUT2D eigenvalue weighted by molar-refractivity contribution is 0.0769. The van der Waals surface area contributed by atoms with E-state index < -0.39 is 16.1 Å². The summed E-state index contributed by atoms with van der Waals surface area (Å²) < 4.78 is 32.5. The zero-order valence-corrected chi connectivity index (χ0v) is 14.3. The van der Waals surface area contributed by atoms with Crippen LogP contribution < -0.4 is 4.74 Å². The van der Waals surface area contributed by atoms with Crippen molar-refractivity contribution in [1.29, 1.82) is 0 Å². The van der Waals surface area contributed by atoms with Crippen molar-refractivity contribution in [3.63, 3.8) is 0 Å². The van der Waals surface area contributed by atoms with Crippen molar-refractivity contribution < 1.29 is 18.3 Å². The van der Waals surface area contributed by atoms with Gasteiger partial charge in [-0.15, -0.1) is 0 Å². The summed E-state index contributed by atoms with van der Waals surface area (Å²) in [5, 5.41) is 10.1. The van der Waals surface area contributed by atoms with Crippen molar-refractivity contribution >= 4 is 33.2 Å². The van der Waals surface area contributed by atoms with Crippen molar-refractivity contribution in [2.45, 2.75) is 48.8 Å². The van der Waals surface area contributed by atoms with Gasteiger partial charge >= 0.3 is 0 Å². The topological polar surface area (TPSA) is 66.8 Å². The maximum Gasteiger partial charge on any atom is 0.245 e. The molecule has 2 aliphatic rings. The second-order valence-corrected chi connectivity index (χ2v) is 8.39. The molecule has 8 heteroatoms. The Morgan fingerprint density at radius 2 is 1.77 bits per heavy atom. The first-order chi connectivity index (χ1) is 10.3. The van der Waals surface area contributed by atoms with Gasteiger partial charge in [-0.2, -0.15) is 4.31 Å². The van der Waals surface area contributed by atoms with Crippen molar-refractivity contribution in [1.82, 2.24) is 4.31 Å². The van der Waals surface area contributed by atoms with Crippen LogP contribution in [0.2, 0.25) is 10.0 Å². The number of fused-ring (bicyclic) bond motifs is 2. The molecule has 0 saturated carbocycles. The minimum Gasteiger partial charge on any atom is -0.495 e. The normalized spacial score (nSPS) is 28.8. The van der Waals surface area contributed by atoms with Crippen molar-refractivity contribution in [3.8, 4) is 5.75 Å². The average Bonchev–Trinajstić information content (AvgIpc) is 2.74. The molecule has 3 rings (SSSR count). The summed E-state index contributed by atoms with van der Waals surface area (Å²) in [5.74, 6) is 0.336. The Balaban J connectivity index is 2.03. The van der Waals surface area contributed by atoms with Crippen LogP contribution in [-0.2, 0) is 10.0 Å². The van der Waals surface area contributed by atoms with Gasteiger partial charge in [0.2, 0.25) is 10.0 Å². The van der Waals surface area contributed by atoms with Gasteiger partial charge in [0, 0.05) is 18.2 Å². The number of halogens is 2. The summed E-state index contributed by atoms with van der Waals surface area (Å²) in [6.07, 6.45) is 2.04. The van der Waals surface area contributed by atoms with E-state index in [0.717, 1.165) is 12.8 Å². The van der Waals surface area contributed by atoms with Crippen molar-refractivity contribution in [3.05, 3.63) is 22.2 Å². The molecule has 0 amide bonds. The summed E-state index contributed by atoms with van der Waals surface area (Å²) in [6, 6.07) is 2.41. The van der Waals surface area contributed by atoms with E-state index in [2.05, 4.69) is 0 Å². The number of aliphatic hydroxyl groups is 1. The highest BCUT2D eigenvalue weighted by Gasteiger charge is 2.47. The Morgan fingerprint density at radius 3 is 2.32 bits per heavy atom. The SMILES string of the molecule is COc1cc(Cl)c(S(=O)(=O)N2[C@@H]3CC[C@H]2CC(O)C3)cc1Cl. The molecule has 122 valence electrons. The van der Waals surface area contributed by atoms with Crippen molar-refractivity contribution in [2.75, 3.05) is 7.11 Å². The summed E-state index contributed by atoms with van der Waals surface area (Å²) in [5.41, 5.74) is 0. The fourth-order valence-electron chi connectivity index (χ4n) is 3.48. The molecule has 2 saturated heterocycles. The lowest BCUT2D eigenvalue weighted by atomic mass is 10.0. The van der Waals surface area contributed by atoms with Gasteiger partial charge in [-0.3, -0.25) is 0 Å². The van der Waals surface area contributed by atoms with E-state index in [1.165, 1.54) is 23.5 Å². The van der Waals surface area contributed by atoms with Gasteiger partial charge in [0.1, 0.15) is 10.6 Å². The third-order valence-electron chi connectivity index (χ3n) is 4.40. The highest BCUT2D eigenvalue weighted by molar-refractivity contribution is 7.89. The van der Waals surface area contributed by atoms with Crippen LogP contribution in [-0.4, -0.2) is 43.1 Å². The average molecular weight is 366 g/mol. The fourth-order valence-corrected chi connectivity index (χ4v) is 6.19. The molecule has 1 aromatic carbocycles. The standard InChI is InChI=1S/C14H17Cl2NO4S/c1-21-13-6-12(16)14(7-11(13)15)22(19,20)17-8-2-3-9(17)5-10(18)4-8/h6-10,18H,2-5H2,1H3/t8-,9+,10?. The van der Waals surface area contributed by atoms with E-state index in [9.17, 15) is 13.5 Å². The molecule has 2 fully saturated rings. The maximum atomic E-state index is 13.0. The number of ether oxygens (including phenoxy) is 1. The molecule has 1 N–H and O–H groups in total. The van der Waals surface area contributed by atoms with E-state index >= 15 is 0 Å². The minimum absolute atomic E-state index is 0.00624. The predicted octanol–water partition coefficient (Wildman–Crippen LogP) is 2.68. The number of aliphatic hydroxyl groups excluding tert-OH is 1. The summed E-state index contributed by atoms with van der Waals surface area (Å²) in [6.45, 7) is 0. The second-order valence-electron chi connectivity index (χ2n) is 5.76. The summed E-state index contributed by atoms with van der Waals surface area (Å²) >= 11 is 12.2. The molecule has 2 aliphatic heterocycles. The lowest BCUT2D eigenvalue weighted by Crippen LogP contribution is -2.47. The number of rotatable bonds is 3. The van der Waals surface area contributed by atoms with E-state index in [4.69, 9.17) is 27.9 Å². The monoisotopic (exact) mass is 365 g/mol. The number of hydrogen-bond donors (Lipinski definition) is 1. The fraction of sp³-hybridized carbons (Fsp3) is 0.571. The summed E-state index contributed by atoms with van der Waals surface area (Å²) in [7, 11) is -2.31. The molecule has 1 aromatic rings. The van der Waals surface area contributed by atoms with E-state index in [1.54, 1.807) is 0 Å². The molecule has 2 heterocycles. The van der Waals surface area contributed by atoms with E-state index in [-0.39, 0.29) is 27.0 Å². The van der Waals surface area contributed by atoms with Crippen LogP contribution in [0.3, 0.4) is 0 Å². The molecule has 2 bridgehead atoms. The van der Waals surface area contributed by atoms with Crippen LogP contribution in [0.4, 0.5) is 0 Å². The van der Waals surface area contributed by atoms with E-state index in [1.807, 2.05) is 0 Å². The van der Waals surface area contributed by atoms with Crippen molar-refractivity contribution in [2.24, 2.45) is 0 Å². The number of methoxy groups -OCH3 is 1. The number of nitrogens with zero attached hydrogens (tertiary/aromatic N) is 1. The number of benzene rings is 1. The molecule has 0 aromatic heterocycles. The summed E-state index contributed by atoms with van der Waals surface area (Å²) in [4.78, 5) is -0.00624. The molecule has 22 heavy (non-hydrogen) atoms. The Hall–Kier alpha value is -0.530. The van der Waals surface area contributed by atoms with Gasteiger partial charge in [0.05, 0.1) is 23.3 Å². The first kappa shape index (κ1) is 16.3. The minimum atomic E-state index is -3.75. The third-order valence-corrected chi connectivity index (χ3v) is 7.17. The van der Waals surface area contributed by atoms with Gasteiger partial charge in [0.15, 0.2) is 0 Å². The van der Waals surface area contributed by atoms with E-state index in [0.29, 0.717) is 18.6 Å². The van der Waals surface area contributed by atoms with Crippen LogP contribution in [0, 0.1) is 0 Å². The number of sulfonamides is 1. The van der Waals surface area contributed by atoms with Gasteiger partial charge in [-0.25, -0.2) is 8.42 Å². The van der Waals surface area contributed by atoms with Gasteiger partial charge in [-0.05, 0) is 31.7 Å². The smallest absolute Gasteiger partial charge is 0.245 e. The van der Waals surface area contributed by atoms with Crippen LogP contribution in [0.5, 0.6) is 5.75 Å². The first-order valence-corrected chi connectivity index (χ1v) is 9.29. The lowest BCUT2D eigenvalue weighted by Gasteiger charge is -2.36. The maximum absolute atomic E-state index is 13.0. The Labute approximate surface area is 139 Å². The number of piperidine rings is 1. The number of hydrogen-bond acceptors (Lipinski definition) is 4. The van der Waals surface area contributed by atoms with Crippen LogP contribution in [0.25, 0.3) is 0 Å². The van der Waals surface area contributed by atoms with Gasteiger partial charge in [0.25, 0.3) is 0 Å². The quantitative estimate of drug-likeness (QED) is 0.893. The highest BCUT2D eigenvalue weighted by Crippen LogP contribution is 2.42. The Bertz CT molecular complexity index is 680. The zero-order valence-electron chi connectivity index (χ0n) is 12.0. The third kappa shape index (κ3) is 2.61. The van der Waals surface area contributed by atoms with Gasteiger partial charge < -0.3 is 9.84 Å². The zero-order chi connectivity index (χ0) is 16.1. The molecular formula is C14H17Cl2NO4S. The molecule has 5 nitrogen and oxygen atoms in total. The predicted molar refractivity (Wildman–Crippen MR) is 84.1 cm³/mol. The molecule has 0 radical (unpaired) electrons. The van der Waals surface area contributed by atoms with Gasteiger partial charge in [-0.1, -0.05) is 23.2 Å². The van der Waals surface area contributed by atoms with Crippen LogP contribution >= 0.6 is 23.2 Å². The highest BCUT2D eigenvalue weighted by atomic mass is 35.5.